The molecule has 1 atom stereocenters. The van der Waals surface area contributed by atoms with E-state index in [2.05, 4.69) is 52.2 Å². The monoisotopic (exact) mass is 381 g/mol. The molecule has 0 spiro atoms. The van der Waals surface area contributed by atoms with Gasteiger partial charge in [-0.25, -0.2) is 0 Å². The summed E-state index contributed by atoms with van der Waals surface area (Å²) in [5, 5.41) is 3.61. The van der Waals surface area contributed by atoms with E-state index in [4.69, 9.17) is 9.47 Å². The van der Waals surface area contributed by atoms with E-state index < -0.39 is 0 Å². The fourth-order valence-corrected chi connectivity index (χ4v) is 2.96. The third kappa shape index (κ3) is 2.70. The van der Waals surface area contributed by atoms with Crippen molar-refractivity contribution in [2.24, 2.45) is 0 Å². The highest BCUT2D eigenvalue weighted by atomic mass is 127. The van der Waals surface area contributed by atoms with E-state index in [1.807, 2.05) is 18.2 Å². The number of benzene rings is 2. The van der Waals surface area contributed by atoms with Gasteiger partial charge in [0.25, 0.3) is 0 Å². The van der Waals surface area contributed by atoms with Gasteiger partial charge in [-0.2, -0.15) is 0 Å². The van der Waals surface area contributed by atoms with Crippen molar-refractivity contribution in [1.82, 2.24) is 0 Å². The summed E-state index contributed by atoms with van der Waals surface area (Å²) in [6.07, 6.45) is 0.950. The topological polar surface area (TPSA) is 30.5 Å². The number of hydrogen-bond donors (Lipinski definition) is 1. The Hall–Kier alpha value is -1.43. The average molecular weight is 381 g/mol. The molecule has 3 rings (SSSR count). The van der Waals surface area contributed by atoms with Crippen molar-refractivity contribution in [3.05, 3.63) is 51.6 Å². The molecule has 3 nitrogen and oxygen atoms in total. The van der Waals surface area contributed by atoms with Gasteiger partial charge in [0.05, 0.1) is 19.8 Å². The van der Waals surface area contributed by atoms with Crippen molar-refractivity contribution in [2.75, 3.05) is 19.0 Å². The number of anilines is 1. The summed E-state index contributed by atoms with van der Waals surface area (Å²) in [6, 6.07) is 14.5. The molecule has 0 amide bonds. The van der Waals surface area contributed by atoms with Gasteiger partial charge >= 0.3 is 0 Å². The Labute approximate surface area is 132 Å². The summed E-state index contributed by atoms with van der Waals surface area (Å²) in [5.74, 6) is 1.81. The van der Waals surface area contributed by atoms with E-state index in [0.29, 0.717) is 0 Å². The van der Waals surface area contributed by atoms with Crippen molar-refractivity contribution in [1.29, 1.82) is 0 Å². The Morgan fingerprint density at radius 3 is 2.90 bits per heavy atom. The van der Waals surface area contributed by atoms with Crippen molar-refractivity contribution >= 4 is 28.3 Å². The fourth-order valence-electron chi connectivity index (χ4n) is 2.42. The van der Waals surface area contributed by atoms with E-state index >= 15 is 0 Å². The number of methoxy groups -OCH3 is 1. The number of ether oxygens (including phenoxy) is 2. The van der Waals surface area contributed by atoms with Crippen LogP contribution in [0.1, 0.15) is 18.0 Å². The van der Waals surface area contributed by atoms with Crippen LogP contribution in [0, 0.1) is 3.57 Å². The summed E-state index contributed by atoms with van der Waals surface area (Å²) in [5.41, 5.74) is 2.32. The molecule has 1 aliphatic rings. The second kappa shape index (κ2) is 5.91. The quantitative estimate of drug-likeness (QED) is 0.808. The maximum atomic E-state index is 5.72. The molecule has 1 unspecified atom stereocenters. The van der Waals surface area contributed by atoms with Crippen LogP contribution in [0.15, 0.2) is 42.5 Å². The number of para-hydroxylation sites is 1. The van der Waals surface area contributed by atoms with Crippen LogP contribution in [0.5, 0.6) is 11.5 Å². The second-order valence-electron chi connectivity index (χ2n) is 4.72. The Morgan fingerprint density at radius 1 is 1.25 bits per heavy atom. The first kappa shape index (κ1) is 13.5. The van der Waals surface area contributed by atoms with E-state index in [9.17, 15) is 0 Å². The summed E-state index contributed by atoms with van der Waals surface area (Å²) in [7, 11) is 1.69. The molecule has 2 aromatic rings. The molecular formula is C16H16INO2. The molecule has 4 heteroatoms. The Kier molecular flexibility index (Phi) is 4.00. The molecular weight excluding hydrogens is 365 g/mol. The molecule has 1 N–H and O–H groups in total. The van der Waals surface area contributed by atoms with E-state index in [1.165, 1.54) is 3.57 Å². The SMILES string of the molecule is COc1ccc2c(c1)C(Nc1ccccc1I)CCO2. The second-order valence-corrected chi connectivity index (χ2v) is 5.88. The van der Waals surface area contributed by atoms with E-state index in [-0.39, 0.29) is 6.04 Å². The fraction of sp³-hybridized carbons (Fsp3) is 0.250. The summed E-state index contributed by atoms with van der Waals surface area (Å²) in [4.78, 5) is 0. The lowest BCUT2D eigenvalue weighted by Crippen LogP contribution is -2.20. The Balaban J connectivity index is 1.91. The molecule has 0 fully saturated rings. The maximum absolute atomic E-state index is 5.72. The van der Waals surface area contributed by atoms with Crippen molar-refractivity contribution in [3.63, 3.8) is 0 Å². The van der Waals surface area contributed by atoms with Crippen molar-refractivity contribution in [3.8, 4) is 11.5 Å². The van der Waals surface area contributed by atoms with Crippen LogP contribution in [0.2, 0.25) is 0 Å². The predicted molar refractivity (Wildman–Crippen MR) is 88.6 cm³/mol. The van der Waals surface area contributed by atoms with E-state index in [0.717, 1.165) is 35.8 Å². The average Bonchev–Trinajstić information content (AvgIpc) is 2.49. The Morgan fingerprint density at radius 2 is 2.10 bits per heavy atom. The lowest BCUT2D eigenvalue weighted by Gasteiger charge is -2.28. The first-order valence-electron chi connectivity index (χ1n) is 6.60. The number of fused-ring (bicyclic) bond motifs is 1. The van der Waals surface area contributed by atoms with Gasteiger partial charge in [-0.1, -0.05) is 12.1 Å². The van der Waals surface area contributed by atoms with Crippen molar-refractivity contribution < 1.29 is 9.47 Å². The first-order valence-corrected chi connectivity index (χ1v) is 7.67. The van der Waals surface area contributed by atoms with Crippen LogP contribution in [0.3, 0.4) is 0 Å². The van der Waals surface area contributed by atoms with Crippen LogP contribution >= 0.6 is 22.6 Å². The molecule has 0 saturated heterocycles. The van der Waals surface area contributed by atoms with Crippen LogP contribution in [-0.4, -0.2) is 13.7 Å². The lowest BCUT2D eigenvalue weighted by molar-refractivity contribution is 0.273. The lowest BCUT2D eigenvalue weighted by atomic mass is 10.00. The Bertz CT molecular complexity index is 615. The molecule has 20 heavy (non-hydrogen) atoms. The zero-order valence-corrected chi connectivity index (χ0v) is 13.4. The normalized spacial score (nSPS) is 17.0. The zero-order valence-electron chi connectivity index (χ0n) is 11.2. The van der Waals surface area contributed by atoms with Gasteiger partial charge in [0.2, 0.25) is 0 Å². The largest absolute Gasteiger partial charge is 0.497 e. The minimum absolute atomic E-state index is 0.254. The summed E-state index contributed by atoms with van der Waals surface area (Å²) >= 11 is 2.35. The minimum Gasteiger partial charge on any atom is -0.497 e. The van der Waals surface area contributed by atoms with Gasteiger partial charge in [0, 0.05) is 21.2 Å². The highest BCUT2D eigenvalue weighted by molar-refractivity contribution is 14.1. The van der Waals surface area contributed by atoms with Gasteiger partial charge < -0.3 is 14.8 Å². The maximum Gasteiger partial charge on any atom is 0.124 e. The van der Waals surface area contributed by atoms with Gasteiger partial charge in [-0.15, -0.1) is 0 Å². The third-order valence-corrected chi connectivity index (χ3v) is 4.40. The third-order valence-electron chi connectivity index (χ3n) is 3.46. The summed E-state index contributed by atoms with van der Waals surface area (Å²) < 4.78 is 12.3. The molecule has 1 heterocycles. The van der Waals surface area contributed by atoms with Gasteiger partial charge in [-0.3, -0.25) is 0 Å². The first-order chi connectivity index (χ1) is 9.78. The number of hydrogen-bond acceptors (Lipinski definition) is 3. The number of rotatable bonds is 3. The molecule has 0 radical (unpaired) electrons. The highest BCUT2D eigenvalue weighted by Crippen LogP contribution is 2.37. The zero-order chi connectivity index (χ0) is 13.9. The molecule has 0 saturated carbocycles. The minimum atomic E-state index is 0.254. The smallest absolute Gasteiger partial charge is 0.124 e. The van der Waals surface area contributed by atoms with Gasteiger partial charge in [0.1, 0.15) is 11.5 Å². The molecule has 104 valence electrons. The van der Waals surface area contributed by atoms with Crippen LogP contribution in [-0.2, 0) is 0 Å². The van der Waals surface area contributed by atoms with Crippen LogP contribution < -0.4 is 14.8 Å². The number of halogens is 1. The molecule has 0 aliphatic carbocycles. The molecule has 1 aliphatic heterocycles. The predicted octanol–water partition coefficient (Wildman–Crippen LogP) is 4.24. The van der Waals surface area contributed by atoms with Crippen LogP contribution in [0.25, 0.3) is 0 Å². The summed E-state index contributed by atoms with van der Waals surface area (Å²) in [6.45, 7) is 0.737. The van der Waals surface area contributed by atoms with Gasteiger partial charge in [-0.05, 0) is 52.9 Å². The molecule has 0 bridgehead atoms. The van der Waals surface area contributed by atoms with Gasteiger partial charge in [0.15, 0.2) is 0 Å². The van der Waals surface area contributed by atoms with Crippen LogP contribution in [0.4, 0.5) is 5.69 Å². The molecule has 2 aromatic carbocycles. The molecule has 0 aromatic heterocycles. The highest BCUT2D eigenvalue weighted by Gasteiger charge is 2.22. The van der Waals surface area contributed by atoms with Crippen molar-refractivity contribution in [2.45, 2.75) is 12.5 Å². The standard InChI is InChI=1S/C16H16INO2/c1-19-11-6-7-16-12(10-11)14(8-9-20-16)18-15-5-3-2-4-13(15)17/h2-7,10,14,18H,8-9H2,1H3. The number of nitrogens with one attached hydrogen (secondary N) is 1. The van der Waals surface area contributed by atoms with E-state index in [1.54, 1.807) is 7.11 Å².